The van der Waals surface area contributed by atoms with Crippen LogP contribution in [0.4, 0.5) is 0 Å². The van der Waals surface area contributed by atoms with Gasteiger partial charge in [-0.1, -0.05) is 159 Å². The van der Waals surface area contributed by atoms with Crippen molar-refractivity contribution in [3.05, 3.63) is 202 Å². The molecule has 2 unspecified atom stereocenters. The number of hydrogen-bond acceptors (Lipinski definition) is 1. The first-order valence-electron chi connectivity index (χ1n) is 16.7. The summed E-state index contributed by atoms with van der Waals surface area (Å²) in [5.74, 6) is 0.770. The molecule has 0 aliphatic heterocycles. The molecule has 6 aromatic carbocycles. The zero-order chi connectivity index (χ0) is 32.8. The van der Waals surface area contributed by atoms with Gasteiger partial charge in [-0.2, -0.15) is 0 Å². The Labute approximate surface area is 282 Å². The average molecular weight is 620 g/mol. The molecule has 0 aromatic heterocycles. The minimum absolute atomic E-state index is 0.0214. The standard InChI is InChI=1S/C45H37N3/c1-29(37-27-32-18-6-7-19-33(32)28-38(37)44(47)48-43(46)31-16-4-3-5-17-31)15-14-26-39-30(2)34-20-8-11-23-40(34)45(39)41-24-12-9-21-35(41)36-22-10-13-25-42(36)45/h3-30H,1-2H3,(H3,46,47,48)/b15-14-,39-26+. The number of benzene rings is 6. The Morgan fingerprint density at radius 1 is 0.729 bits per heavy atom. The van der Waals surface area contributed by atoms with Crippen LogP contribution in [0.15, 0.2) is 168 Å². The van der Waals surface area contributed by atoms with Crippen LogP contribution in [0.5, 0.6) is 0 Å². The molecule has 2 aliphatic carbocycles. The molecule has 0 amide bonds. The topological polar surface area (TPSA) is 62.2 Å². The quantitative estimate of drug-likeness (QED) is 0.146. The van der Waals surface area contributed by atoms with Crippen molar-refractivity contribution in [1.82, 2.24) is 0 Å². The van der Waals surface area contributed by atoms with Crippen LogP contribution in [0.1, 0.15) is 64.6 Å². The van der Waals surface area contributed by atoms with E-state index in [1.54, 1.807) is 0 Å². The summed E-state index contributed by atoms with van der Waals surface area (Å²) in [7, 11) is 0. The van der Waals surface area contributed by atoms with E-state index < -0.39 is 0 Å². The lowest BCUT2D eigenvalue weighted by molar-refractivity contribution is 0.738. The molecule has 8 rings (SSSR count). The Hall–Kier alpha value is -5.80. The third-order valence-corrected chi connectivity index (χ3v) is 10.3. The lowest BCUT2D eigenvalue weighted by Gasteiger charge is -2.31. The van der Waals surface area contributed by atoms with Crippen molar-refractivity contribution in [3.63, 3.8) is 0 Å². The van der Waals surface area contributed by atoms with Crippen molar-refractivity contribution in [3.8, 4) is 11.1 Å². The molecule has 48 heavy (non-hydrogen) atoms. The number of nitrogens with two attached hydrogens (primary N) is 1. The molecule has 3 nitrogen and oxygen atoms in total. The molecule has 0 saturated heterocycles. The number of amidine groups is 2. The summed E-state index contributed by atoms with van der Waals surface area (Å²) in [5, 5.41) is 11.3. The van der Waals surface area contributed by atoms with Crippen molar-refractivity contribution in [1.29, 1.82) is 5.41 Å². The molecule has 0 heterocycles. The van der Waals surface area contributed by atoms with E-state index in [0.29, 0.717) is 5.84 Å². The van der Waals surface area contributed by atoms with Gasteiger partial charge in [0.15, 0.2) is 5.84 Å². The second-order valence-corrected chi connectivity index (χ2v) is 12.9. The highest BCUT2D eigenvalue weighted by atomic mass is 14.9. The Morgan fingerprint density at radius 2 is 1.29 bits per heavy atom. The number of rotatable bonds is 5. The molecule has 3 heteroatoms. The number of allylic oxidation sites excluding steroid dienone is 4. The molecular weight excluding hydrogens is 583 g/mol. The molecule has 1 spiro atoms. The molecule has 0 saturated carbocycles. The zero-order valence-corrected chi connectivity index (χ0v) is 27.2. The summed E-state index contributed by atoms with van der Waals surface area (Å²) >= 11 is 0. The van der Waals surface area contributed by atoms with E-state index in [4.69, 9.17) is 11.1 Å². The van der Waals surface area contributed by atoms with Gasteiger partial charge < -0.3 is 5.73 Å². The molecule has 0 radical (unpaired) electrons. The maximum atomic E-state index is 9.08. The highest BCUT2D eigenvalue weighted by molar-refractivity contribution is 6.11. The molecule has 6 aromatic rings. The minimum atomic E-state index is -0.337. The molecule has 2 aliphatic rings. The van der Waals surface area contributed by atoms with Gasteiger partial charge in [0.25, 0.3) is 0 Å². The van der Waals surface area contributed by atoms with Gasteiger partial charge in [0.2, 0.25) is 0 Å². The van der Waals surface area contributed by atoms with Gasteiger partial charge in [0.05, 0.1) is 5.41 Å². The predicted molar refractivity (Wildman–Crippen MR) is 200 cm³/mol. The van der Waals surface area contributed by atoms with Crippen LogP contribution in [0.2, 0.25) is 0 Å². The van der Waals surface area contributed by atoms with E-state index in [1.807, 2.05) is 36.4 Å². The van der Waals surface area contributed by atoms with E-state index >= 15 is 0 Å². The van der Waals surface area contributed by atoms with Gasteiger partial charge in [0, 0.05) is 23.0 Å². The number of aliphatic imine (C=N–C) groups is 1. The third-order valence-electron chi connectivity index (χ3n) is 10.3. The first kappa shape index (κ1) is 29.6. The fourth-order valence-corrected chi connectivity index (χ4v) is 8.09. The van der Waals surface area contributed by atoms with Crippen LogP contribution in [-0.4, -0.2) is 11.7 Å². The Morgan fingerprint density at radius 3 is 1.98 bits per heavy atom. The lowest BCUT2D eigenvalue weighted by atomic mass is 9.70. The van der Waals surface area contributed by atoms with E-state index in [2.05, 4.69) is 140 Å². The van der Waals surface area contributed by atoms with Gasteiger partial charge in [-0.05, 0) is 67.4 Å². The fraction of sp³-hybridized carbons (Fsp3) is 0.111. The molecule has 232 valence electrons. The van der Waals surface area contributed by atoms with Gasteiger partial charge in [-0.15, -0.1) is 0 Å². The Kier molecular flexibility index (Phi) is 7.26. The van der Waals surface area contributed by atoms with Gasteiger partial charge in [-0.25, -0.2) is 4.99 Å². The van der Waals surface area contributed by atoms with Gasteiger partial charge in [0.1, 0.15) is 5.84 Å². The van der Waals surface area contributed by atoms with Crippen molar-refractivity contribution < 1.29 is 0 Å². The molecule has 3 N–H and O–H groups in total. The van der Waals surface area contributed by atoms with Crippen molar-refractivity contribution in [2.75, 3.05) is 0 Å². The first-order valence-corrected chi connectivity index (χ1v) is 16.7. The number of nitrogens with zero attached hydrogens (tertiary/aromatic N) is 1. The van der Waals surface area contributed by atoms with Crippen LogP contribution in [0.3, 0.4) is 0 Å². The largest absolute Gasteiger partial charge is 0.383 e. The summed E-state index contributed by atoms with van der Waals surface area (Å²) in [5.41, 5.74) is 18.2. The SMILES string of the molecule is CC(/C=C\C=C1/C(C)c2ccccc2C12c1ccccc1-c1ccccc12)c1cc2ccccc2cc1C(=N)/N=C(\N)c1ccccc1. The summed E-state index contributed by atoms with van der Waals surface area (Å²) in [6, 6.07) is 49.0. The molecule has 0 fully saturated rings. The summed E-state index contributed by atoms with van der Waals surface area (Å²) < 4.78 is 0. The summed E-state index contributed by atoms with van der Waals surface area (Å²) in [6.45, 7) is 4.54. The second-order valence-electron chi connectivity index (χ2n) is 12.9. The average Bonchev–Trinajstić information content (AvgIpc) is 3.57. The van der Waals surface area contributed by atoms with E-state index in [9.17, 15) is 0 Å². The Balaban J connectivity index is 1.23. The smallest absolute Gasteiger partial charge is 0.154 e. The minimum Gasteiger partial charge on any atom is -0.383 e. The number of nitrogens with one attached hydrogen (secondary N) is 1. The zero-order valence-electron chi connectivity index (χ0n) is 27.2. The highest BCUT2D eigenvalue weighted by Crippen LogP contribution is 2.63. The molecule has 2 atom stereocenters. The summed E-state index contributed by atoms with van der Waals surface area (Å²) in [6.07, 6.45) is 6.85. The van der Waals surface area contributed by atoms with Crippen molar-refractivity contribution >= 4 is 22.4 Å². The maximum absolute atomic E-state index is 9.08. The van der Waals surface area contributed by atoms with Gasteiger partial charge in [-0.3, -0.25) is 5.41 Å². The predicted octanol–water partition coefficient (Wildman–Crippen LogP) is 10.3. The van der Waals surface area contributed by atoms with Crippen molar-refractivity contribution in [2.45, 2.75) is 31.1 Å². The number of fused-ring (bicyclic) bond motifs is 8. The van der Waals surface area contributed by atoms with Crippen LogP contribution in [0, 0.1) is 5.41 Å². The van der Waals surface area contributed by atoms with Crippen LogP contribution in [0.25, 0.3) is 21.9 Å². The normalized spacial score (nSPS) is 17.5. The van der Waals surface area contributed by atoms with E-state index in [0.717, 1.165) is 27.5 Å². The molecular formula is C45H37N3. The maximum Gasteiger partial charge on any atom is 0.154 e. The first-order chi connectivity index (χ1) is 23.5. The lowest BCUT2D eigenvalue weighted by Crippen LogP contribution is -2.26. The van der Waals surface area contributed by atoms with E-state index in [-0.39, 0.29) is 23.1 Å². The fourth-order valence-electron chi connectivity index (χ4n) is 8.09. The van der Waals surface area contributed by atoms with Crippen LogP contribution < -0.4 is 5.73 Å². The Bertz CT molecular complexity index is 2260. The number of hydrogen-bond donors (Lipinski definition) is 2. The third kappa shape index (κ3) is 4.57. The van der Waals surface area contributed by atoms with Crippen molar-refractivity contribution in [2.24, 2.45) is 10.7 Å². The van der Waals surface area contributed by atoms with E-state index in [1.165, 1.54) is 39.0 Å². The molecule has 0 bridgehead atoms. The summed E-state index contributed by atoms with van der Waals surface area (Å²) in [4.78, 5) is 4.58. The second kappa shape index (κ2) is 11.8. The monoisotopic (exact) mass is 619 g/mol. The van der Waals surface area contributed by atoms with Crippen LogP contribution in [-0.2, 0) is 5.41 Å². The van der Waals surface area contributed by atoms with Gasteiger partial charge >= 0.3 is 0 Å². The highest BCUT2D eigenvalue weighted by Gasteiger charge is 2.53. The van der Waals surface area contributed by atoms with Crippen LogP contribution >= 0.6 is 0 Å².